The van der Waals surface area contributed by atoms with E-state index in [0.717, 1.165) is 38.1 Å². The molecule has 10 rings (SSSR count). The van der Waals surface area contributed by atoms with Crippen LogP contribution in [-0.2, 0) is 0 Å². The smallest absolute Gasteiger partial charge is 0.228 e. The van der Waals surface area contributed by atoms with Crippen molar-refractivity contribution in [1.82, 2.24) is 19.9 Å². The molecule has 3 aromatic heterocycles. The lowest BCUT2D eigenvalue weighted by Crippen LogP contribution is -2.01. The lowest BCUT2D eigenvalue weighted by atomic mass is 10.00. The molecule has 0 aliphatic heterocycles. The van der Waals surface area contributed by atoms with Gasteiger partial charge >= 0.3 is 0 Å². The lowest BCUT2D eigenvalue weighted by molar-refractivity contribution is 0.623. The molecule has 5 nitrogen and oxygen atoms in total. The SMILES string of the molecule is c1ccc(-c2nc(-c3ccccc3)nc(-c3ccccc3-c3nc4ccc5c6cc7c(ccc8ccccc87)cc6sc5c4o3)n2)cc1. The average molecular weight is 633 g/mol. The van der Waals surface area contributed by atoms with E-state index in [4.69, 9.17) is 24.4 Å². The summed E-state index contributed by atoms with van der Waals surface area (Å²) in [5.74, 6) is 2.31. The quantitative estimate of drug-likeness (QED) is 0.181. The molecule has 0 saturated carbocycles. The van der Waals surface area contributed by atoms with Gasteiger partial charge in [0.1, 0.15) is 5.52 Å². The molecule has 0 amide bonds. The highest BCUT2D eigenvalue weighted by Crippen LogP contribution is 2.43. The van der Waals surface area contributed by atoms with Crippen LogP contribution in [0.3, 0.4) is 0 Å². The molecule has 0 radical (unpaired) electrons. The first-order chi connectivity index (χ1) is 23.8. The molecule has 0 unspecified atom stereocenters. The summed E-state index contributed by atoms with van der Waals surface area (Å²) in [4.78, 5) is 19.8. The molecule has 3 heterocycles. The van der Waals surface area contributed by atoms with Gasteiger partial charge in [-0.25, -0.2) is 19.9 Å². The number of aromatic nitrogens is 4. The third kappa shape index (κ3) is 4.31. The summed E-state index contributed by atoms with van der Waals surface area (Å²) in [5.41, 5.74) is 5.10. The Morgan fingerprint density at radius 2 is 1.08 bits per heavy atom. The second-order valence-corrected chi connectivity index (χ2v) is 12.9. The van der Waals surface area contributed by atoms with E-state index in [1.165, 1.54) is 37.0 Å². The van der Waals surface area contributed by atoms with Gasteiger partial charge in [-0.2, -0.15) is 0 Å². The van der Waals surface area contributed by atoms with E-state index in [0.29, 0.717) is 23.4 Å². The van der Waals surface area contributed by atoms with Gasteiger partial charge in [-0.05, 0) is 45.8 Å². The number of benzene rings is 7. The number of thiophene rings is 1. The fourth-order valence-electron chi connectivity index (χ4n) is 6.63. The maximum Gasteiger partial charge on any atom is 0.228 e. The minimum Gasteiger partial charge on any atom is -0.435 e. The Labute approximate surface area is 278 Å². The van der Waals surface area contributed by atoms with Crippen LogP contribution in [0.4, 0.5) is 0 Å². The molecule has 0 atom stereocenters. The van der Waals surface area contributed by atoms with Gasteiger partial charge in [0.25, 0.3) is 0 Å². The molecule has 10 aromatic rings. The summed E-state index contributed by atoms with van der Waals surface area (Å²) >= 11 is 1.75. The summed E-state index contributed by atoms with van der Waals surface area (Å²) in [6.07, 6.45) is 0. The molecular formula is C42H24N4OS. The van der Waals surface area contributed by atoms with Crippen LogP contribution in [0.15, 0.2) is 150 Å². The first-order valence-electron chi connectivity index (χ1n) is 15.8. The van der Waals surface area contributed by atoms with Gasteiger partial charge in [0, 0.05) is 37.7 Å². The van der Waals surface area contributed by atoms with Gasteiger partial charge in [-0.15, -0.1) is 11.3 Å². The molecule has 0 aliphatic rings. The zero-order valence-electron chi connectivity index (χ0n) is 25.5. The van der Waals surface area contributed by atoms with Crippen molar-refractivity contribution in [2.24, 2.45) is 0 Å². The van der Waals surface area contributed by atoms with Gasteiger partial charge < -0.3 is 4.42 Å². The monoisotopic (exact) mass is 632 g/mol. The molecule has 0 N–H and O–H groups in total. The minimum absolute atomic E-state index is 0.532. The number of oxazole rings is 1. The Balaban J connectivity index is 1.15. The van der Waals surface area contributed by atoms with E-state index >= 15 is 0 Å². The van der Waals surface area contributed by atoms with E-state index in [1.54, 1.807) is 11.3 Å². The van der Waals surface area contributed by atoms with E-state index in [1.807, 2.05) is 84.9 Å². The first kappa shape index (κ1) is 26.9. The zero-order valence-corrected chi connectivity index (χ0v) is 26.3. The minimum atomic E-state index is 0.532. The van der Waals surface area contributed by atoms with E-state index in [-0.39, 0.29) is 0 Å². The van der Waals surface area contributed by atoms with Crippen LogP contribution in [0.5, 0.6) is 0 Å². The summed E-state index contributed by atoms with van der Waals surface area (Å²) in [5, 5.41) is 7.40. The zero-order chi connectivity index (χ0) is 31.6. The molecule has 7 aromatic carbocycles. The van der Waals surface area contributed by atoms with Crippen molar-refractivity contribution in [1.29, 1.82) is 0 Å². The summed E-state index contributed by atoms with van der Waals surface area (Å²) in [6, 6.07) is 49.9. The van der Waals surface area contributed by atoms with E-state index in [2.05, 4.69) is 60.7 Å². The Kier molecular flexibility index (Phi) is 5.98. The number of nitrogens with zero attached hydrogens (tertiary/aromatic N) is 4. The van der Waals surface area contributed by atoms with Crippen molar-refractivity contribution in [3.05, 3.63) is 146 Å². The molecule has 0 fully saturated rings. The topological polar surface area (TPSA) is 64.7 Å². The summed E-state index contributed by atoms with van der Waals surface area (Å²) in [6.45, 7) is 0. The lowest BCUT2D eigenvalue weighted by Gasteiger charge is -2.10. The fraction of sp³-hybridized carbons (Fsp3) is 0. The number of hydrogen-bond acceptors (Lipinski definition) is 6. The fourth-order valence-corrected chi connectivity index (χ4v) is 7.84. The molecule has 48 heavy (non-hydrogen) atoms. The highest BCUT2D eigenvalue weighted by molar-refractivity contribution is 7.26. The van der Waals surface area contributed by atoms with Crippen LogP contribution in [-0.4, -0.2) is 19.9 Å². The van der Waals surface area contributed by atoms with Crippen molar-refractivity contribution in [2.45, 2.75) is 0 Å². The second kappa shape index (κ2) is 10.7. The molecule has 0 spiro atoms. The first-order valence-corrected chi connectivity index (χ1v) is 16.6. The molecule has 6 heteroatoms. The normalized spacial score (nSPS) is 11.8. The maximum absolute atomic E-state index is 6.68. The third-order valence-electron chi connectivity index (χ3n) is 8.96. The van der Waals surface area contributed by atoms with Gasteiger partial charge in [0.05, 0.1) is 4.70 Å². The molecule has 0 bridgehead atoms. The van der Waals surface area contributed by atoms with Gasteiger partial charge in [0.2, 0.25) is 5.89 Å². The summed E-state index contributed by atoms with van der Waals surface area (Å²) < 4.78 is 9.01. The Hall–Kier alpha value is -6.24. The number of rotatable bonds is 4. The molecular weight excluding hydrogens is 609 g/mol. The maximum atomic E-state index is 6.68. The number of fused-ring (bicyclic) bond motifs is 8. The molecule has 0 saturated heterocycles. The Morgan fingerprint density at radius 1 is 0.438 bits per heavy atom. The van der Waals surface area contributed by atoms with Crippen molar-refractivity contribution >= 4 is 64.2 Å². The Morgan fingerprint density at radius 3 is 1.85 bits per heavy atom. The Bertz CT molecular complexity index is 2780. The predicted molar refractivity (Wildman–Crippen MR) is 197 cm³/mol. The second-order valence-electron chi connectivity index (χ2n) is 11.9. The van der Waals surface area contributed by atoms with Crippen LogP contribution in [0.2, 0.25) is 0 Å². The van der Waals surface area contributed by atoms with Gasteiger partial charge in [-0.1, -0.05) is 121 Å². The summed E-state index contributed by atoms with van der Waals surface area (Å²) in [7, 11) is 0. The van der Waals surface area contributed by atoms with Crippen LogP contribution in [0.1, 0.15) is 0 Å². The highest BCUT2D eigenvalue weighted by Gasteiger charge is 2.20. The highest BCUT2D eigenvalue weighted by atomic mass is 32.1. The van der Waals surface area contributed by atoms with Gasteiger partial charge in [-0.3, -0.25) is 0 Å². The van der Waals surface area contributed by atoms with Crippen LogP contribution in [0.25, 0.3) is 98.4 Å². The number of hydrogen-bond donors (Lipinski definition) is 0. The third-order valence-corrected chi connectivity index (χ3v) is 10.1. The molecule has 224 valence electrons. The van der Waals surface area contributed by atoms with Crippen LogP contribution >= 0.6 is 11.3 Å². The average Bonchev–Trinajstić information content (AvgIpc) is 3.76. The van der Waals surface area contributed by atoms with Crippen molar-refractivity contribution in [3.63, 3.8) is 0 Å². The van der Waals surface area contributed by atoms with Crippen molar-refractivity contribution in [3.8, 4) is 45.6 Å². The predicted octanol–water partition coefficient (Wildman–Crippen LogP) is 11.4. The van der Waals surface area contributed by atoms with Crippen LogP contribution < -0.4 is 0 Å². The largest absolute Gasteiger partial charge is 0.435 e. The van der Waals surface area contributed by atoms with Crippen molar-refractivity contribution in [2.75, 3.05) is 0 Å². The standard InChI is InChI=1S/C42H24N4OS/c1-3-12-26(13-4-1)39-44-40(27-14-5-2-6-15-27)46-41(45-39)31-17-9-10-18-32(31)42-43-35-22-21-30-34-24-33-28(20-19-25-11-7-8-16-29(25)33)23-36(34)48-38(30)37(35)47-42/h1-24H. The van der Waals surface area contributed by atoms with E-state index < -0.39 is 0 Å². The van der Waals surface area contributed by atoms with Gasteiger partial charge in [0.15, 0.2) is 23.1 Å². The molecule has 0 aliphatic carbocycles. The van der Waals surface area contributed by atoms with Crippen molar-refractivity contribution < 1.29 is 4.42 Å². The van der Waals surface area contributed by atoms with Crippen LogP contribution in [0, 0.1) is 0 Å². The van der Waals surface area contributed by atoms with E-state index in [9.17, 15) is 0 Å².